The first-order chi connectivity index (χ1) is 11.7. The largest absolute Gasteiger partial charge is 0.339 e. The summed E-state index contributed by atoms with van der Waals surface area (Å²) in [5.41, 5.74) is 0.429. The molecule has 1 fully saturated rings. The molecular formula is C16H20ClN5O2. The van der Waals surface area contributed by atoms with Crippen molar-refractivity contribution in [2.24, 2.45) is 0 Å². The molecule has 0 spiro atoms. The number of nitrogens with zero attached hydrogens (tertiary/aromatic N) is 5. The average Bonchev–Trinajstić information content (AvgIpc) is 2.92. The van der Waals surface area contributed by atoms with Crippen molar-refractivity contribution in [3.63, 3.8) is 0 Å². The van der Waals surface area contributed by atoms with Crippen molar-refractivity contribution in [1.82, 2.24) is 24.9 Å². The van der Waals surface area contributed by atoms with Gasteiger partial charge in [-0.25, -0.2) is 4.98 Å². The fourth-order valence-corrected chi connectivity index (χ4v) is 2.81. The number of halogens is 1. The maximum Gasteiger partial charge on any atom is 0.272 e. The topological polar surface area (TPSA) is 75.4 Å². The summed E-state index contributed by atoms with van der Waals surface area (Å²) < 4.78 is 5.14. The molecule has 3 heterocycles. The third-order valence-electron chi connectivity index (χ3n) is 4.00. The van der Waals surface area contributed by atoms with Crippen molar-refractivity contribution < 1.29 is 9.32 Å². The maximum absolute atomic E-state index is 12.5. The van der Waals surface area contributed by atoms with E-state index in [1.165, 1.54) is 6.20 Å². The van der Waals surface area contributed by atoms with Crippen molar-refractivity contribution in [2.75, 3.05) is 26.2 Å². The molecule has 128 valence electrons. The summed E-state index contributed by atoms with van der Waals surface area (Å²) >= 11 is 5.82. The van der Waals surface area contributed by atoms with Crippen LogP contribution in [-0.4, -0.2) is 57.0 Å². The van der Waals surface area contributed by atoms with Crippen LogP contribution in [-0.2, 0) is 13.0 Å². The first-order valence-electron chi connectivity index (χ1n) is 8.10. The van der Waals surface area contributed by atoms with Crippen LogP contribution in [0.25, 0.3) is 0 Å². The lowest BCUT2D eigenvalue weighted by Gasteiger charge is -2.21. The molecule has 7 nitrogen and oxygen atoms in total. The Balaban J connectivity index is 1.58. The van der Waals surface area contributed by atoms with Crippen LogP contribution in [0.2, 0.25) is 5.02 Å². The van der Waals surface area contributed by atoms with Crippen LogP contribution in [0.1, 0.15) is 35.5 Å². The van der Waals surface area contributed by atoms with Gasteiger partial charge in [-0.3, -0.25) is 9.69 Å². The van der Waals surface area contributed by atoms with Gasteiger partial charge in [0.1, 0.15) is 5.69 Å². The fraction of sp³-hybridized carbons (Fsp3) is 0.500. The Morgan fingerprint density at radius 3 is 2.88 bits per heavy atom. The Labute approximate surface area is 145 Å². The summed E-state index contributed by atoms with van der Waals surface area (Å²) in [6.07, 6.45) is 3.14. The molecule has 1 aliphatic rings. The summed E-state index contributed by atoms with van der Waals surface area (Å²) in [6.45, 7) is 5.67. The van der Waals surface area contributed by atoms with E-state index in [2.05, 4.69) is 20.0 Å². The van der Waals surface area contributed by atoms with E-state index >= 15 is 0 Å². The summed E-state index contributed by atoms with van der Waals surface area (Å²) in [5, 5.41) is 4.52. The lowest BCUT2D eigenvalue weighted by molar-refractivity contribution is 0.0755. The van der Waals surface area contributed by atoms with Gasteiger partial charge in [0.15, 0.2) is 5.82 Å². The van der Waals surface area contributed by atoms with E-state index < -0.39 is 0 Å². The highest BCUT2D eigenvalue weighted by molar-refractivity contribution is 6.30. The van der Waals surface area contributed by atoms with Crippen LogP contribution < -0.4 is 0 Å². The van der Waals surface area contributed by atoms with E-state index in [-0.39, 0.29) is 5.91 Å². The quantitative estimate of drug-likeness (QED) is 0.840. The van der Waals surface area contributed by atoms with Crippen LogP contribution in [0.3, 0.4) is 0 Å². The van der Waals surface area contributed by atoms with E-state index in [0.29, 0.717) is 42.1 Å². The van der Waals surface area contributed by atoms with E-state index in [9.17, 15) is 4.79 Å². The molecule has 0 unspecified atom stereocenters. The SMILES string of the molecule is CCc1nc(CN2CCCN(C(=O)c3ccc(Cl)cn3)CC2)no1. The number of hydrogen-bond acceptors (Lipinski definition) is 6. The van der Waals surface area contributed by atoms with E-state index in [1.807, 2.05) is 11.8 Å². The van der Waals surface area contributed by atoms with Crippen LogP contribution in [0.5, 0.6) is 0 Å². The predicted molar refractivity (Wildman–Crippen MR) is 88.7 cm³/mol. The molecule has 2 aromatic heterocycles. The van der Waals surface area contributed by atoms with Gasteiger partial charge in [-0.1, -0.05) is 23.7 Å². The zero-order valence-electron chi connectivity index (χ0n) is 13.6. The third-order valence-corrected chi connectivity index (χ3v) is 4.22. The molecule has 2 aromatic rings. The standard InChI is InChI=1S/C16H20ClN5O2/c1-2-15-19-14(20-24-15)11-21-6-3-7-22(9-8-21)16(23)13-5-4-12(17)10-18-13/h4-5,10H,2-3,6-9,11H2,1H3. The van der Waals surface area contributed by atoms with Gasteiger partial charge in [0.2, 0.25) is 5.89 Å². The molecular weight excluding hydrogens is 330 g/mol. The highest BCUT2D eigenvalue weighted by Crippen LogP contribution is 2.12. The number of pyridine rings is 1. The third kappa shape index (κ3) is 4.10. The molecule has 0 N–H and O–H groups in total. The number of amides is 1. The summed E-state index contributed by atoms with van der Waals surface area (Å²) in [4.78, 5) is 25.1. The molecule has 1 saturated heterocycles. The van der Waals surface area contributed by atoms with Crippen LogP contribution in [0, 0.1) is 0 Å². The molecule has 3 rings (SSSR count). The second-order valence-corrected chi connectivity index (χ2v) is 6.18. The molecule has 0 aliphatic carbocycles. The Morgan fingerprint density at radius 1 is 1.29 bits per heavy atom. The molecule has 0 bridgehead atoms. The summed E-state index contributed by atoms with van der Waals surface area (Å²) in [7, 11) is 0. The number of aromatic nitrogens is 3. The van der Waals surface area contributed by atoms with Gasteiger partial charge in [0.25, 0.3) is 5.91 Å². The fourth-order valence-electron chi connectivity index (χ4n) is 2.69. The maximum atomic E-state index is 12.5. The van der Waals surface area contributed by atoms with Crippen molar-refractivity contribution in [3.05, 3.63) is 40.8 Å². The van der Waals surface area contributed by atoms with Crippen LogP contribution >= 0.6 is 11.6 Å². The van der Waals surface area contributed by atoms with Crippen molar-refractivity contribution in [2.45, 2.75) is 26.3 Å². The number of hydrogen-bond donors (Lipinski definition) is 0. The summed E-state index contributed by atoms with van der Waals surface area (Å²) in [5.74, 6) is 1.30. The number of carbonyl (C=O) groups excluding carboxylic acids is 1. The molecule has 1 amide bonds. The van der Waals surface area contributed by atoms with Crippen LogP contribution in [0.4, 0.5) is 0 Å². The average molecular weight is 350 g/mol. The Hall–Kier alpha value is -1.99. The molecule has 0 radical (unpaired) electrons. The highest BCUT2D eigenvalue weighted by Gasteiger charge is 2.22. The Bertz CT molecular complexity index is 688. The molecule has 24 heavy (non-hydrogen) atoms. The minimum atomic E-state index is -0.0543. The zero-order chi connectivity index (χ0) is 16.9. The van der Waals surface area contributed by atoms with Crippen molar-refractivity contribution >= 4 is 17.5 Å². The molecule has 0 aromatic carbocycles. The monoisotopic (exact) mass is 349 g/mol. The van der Waals surface area contributed by atoms with Gasteiger partial charge < -0.3 is 9.42 Å². The first-order valence-corrected chi connectivity index (χ1v) is 8.48. The first kappa shape index (κ1) is 16.9. The second kappa shape index (κ2) is 7.72. The van der Waals surface area contributed by atoms with Gasteiger partial charge in [-0.15, -0.1) is 0 Å². The van der Waals surface area contributed by atoms with Gasteiger partial charge in [0.05, 0.1) is 11.6 Å². The number of carbonyl (C=O) groups is 1. The summed E-state index contributed by atoms with van der Waals surface area (Å²) in [6, 6.07) is 3.35. The van der Waals surface area contributed by atoms with Gasteiger partial charge in [-0.05, 0) is 18.6 Å². The minimum absolute atomic E-state index is 0.0543. The van der Waals surface area contributed by atoms with Crippen LogP contribution in [0.15, 0.2) is 22.9 Å². The zero-order valence-corrected chi connectivity index (χ0v) is 14.4. The second-order valence-electron chi connectivity index (χ2n) is 5.74. The van der Waals surface area contributed by atoms with Crippen molar-refractivity contribution in [1.29, 1.82) is 0 Å². The number of aryl methyl sites for hydroxylation is 1. The lowest BCUT2D eigenvalue weighted by Crippen LogP contribution is -2.35. The van der Waals surface area contributed by atoms with E-state index in [4.69, 9.17) is 16.1 Å². The molecule has 8 heteroatoms. The molecule has 0 atom stereocenters. The predicted octanol–water partition coefficient (Wildman–Crippen LogP) is 2.03. The van der Waals surface area contributed by atoms with Crippen molar-refractivity contribution in [3.8, 4) is 0 Å². The van der Waals surface area contributed by atoms with E-state index in [0.717, 1.165) is 25.9 Å². The lowest BCUT2D eigenvalue weighted by atomic mass is 10.3. The highest BCUT2D eigenvalue weighted by atomic mass is 35.5. The van der Waals surface area contributed by atoms with E-state index in [1.54, 1.807) is 12.1 Å². The molecule has 1 aliphatic heterocycles. The molecule has 0 saturated carbocycles. The number of rotatable bonds is 4. The Morgan fingerprint density at radius 2 is 2.17 bits per heavy atom. The minimum Gasteiger partial charge on any atom is -0.339 e. The smallest absolute Gasteiger partial charge is 0.272 e. The van der Waals surface area contributed by atoms with Gasteiger partial charge in [0, 0.05) is 38.8 Å². The van der Waals surface area contributed by atoms with Gasteiger partial charge in [-0.2, -0.15) is 4.98 Å². The Kier molecular flexibility index (Phi) is 5.42. The van der Waals surface area contributed by atoms with Gasteiger partial charge >= 0.3 is 0 Å². The normalized spacial score (nSPS) is 16.2.